The minimum atomic E-state index is -3.25. The number of nitrogens with zero attached hydrogens (tertiary/aromatic N) is 3. The summed E-state index contributed by atoms with van der Waals surface area (Å²) in [7, 11) is -1.67. The van der Waals surface area contributed by atoms with E-state index in [9.17, 15) is 8.42 Å². The molecule has 2 N–H and O–H groups in total. The topological polar surface area (TPSA) is 91.0 Å². The second kappa shape index (κ2) is 6.64. The van der Waals surface area contributed by atoms with Gasteiger partial charge in [-0.1, -0.05) is 6.42 Å². The van der Waals surface area contributed by atoms with Crippen molar-refractivity contribution in [2.24, 2.45) is 0 Å². The van der Waals surface area contributed by atoms with Crippen molar-refractivity contribution < 1.29 is 8.42 Å². The maximum absolute atomic E-state index is 12.2. The lowest BCUT2D eigenvalue weighted by Gasteiger charge is -2.24. The molecule has 1 aromatic heterocycles. The van der Waals surface area contributed by atoms with Gasteiger partial charge < -0.3 is 5.32 Å². The predicted molar refractivity (Wildman–Crippen MR) is 76.6 cm³/mol. The molecule has 0 bridgehead atoms. The Morgan fingerprint density at radius 1 is 1.40 bits per heavy atom. The van der Waals surface area contributed by atoms with Gasteiger partial charge in [0, 0.05) is 13.1 Å². The van der Waals surface area contributed by atoms with Crippen molar-refractivity contribution in [3.05, 3.63) is 11.6 Å². The summed E-state index contributed by atoms with van der Waals surface area (Å²) in [6, 6.07) is 0.331. The Morgan fingerprint density at radius 2 is 2.20 bits per heavy atom. The molecule has 1 unspecified atom stereocenters. The van der Waals surface area contributed by atoms with Gasteiger partial charge in [-0.3, -0.25) is 5.10 Å². The molecule has 0 amide bonds. The van der Waals surface area contributed by atoms with E-state index >= 15 is 0 Å². The van der Waals surface area contributed by atoms with Crippen molar-refractivity contribution in [3.63, 3.8) is 0 Å². The van der Waals surface area contributed by atoms with Crippen LogP contribution in [-0.4, -0.2) is 53.3 Å². The zero-order valence-corrected chi connectivity index (χ0v) is 12.9. The van der Waals surface area contributed by atoms with E-state index in [2.05, 4.69) is 20.5 Å². The lowest BCUT2D eigenvalue weighted by Crippen LogP contribution is -2.37. The van der Waals surface area contributed by atoms with E-state index in [-0.39, 0.29) is 12.3 Å². The van der Waals surface area contributed by atoms with Crippen LogP contribution in [0.4, 0.5) is 0 Å². The molecular formula is C12H23N5O2S. The van der Waals surface area contributed by atoms with Crippen LogP contribution < -0.4 is 5.32 Å². The molecule has 2 heterocycles. The van der Waals surface area contributed by atoms with Crippen LogP contribution in [0, 0.1) is 6.92 Å². The predicted octanol–water partition coefficient (Wildman–Crippen LogP) is 0.407. The van der Waals surface area contributed by atoms with Crippen molar-refractivity contribution in [3.8, 4) is 0 Å². The standard InChI is InChI=1S/C12H23N5O2S/c1-10-14-12(16-15-10)9-17(2)20(18,19)8-6-11-5-3-4-7-13-11/h11,13H,3-9H2,1-2H3,(H,14,15,16). The van der Waals surface area contributed by atoms with Crippen molar-refractivity contribution in [1.82, 2.24) is 24.8 Å². The van der Waals surface area contributed by atoms with E-state index in [0.717, 1.165) is 13.0 Å². The molecule has 7 nitrogen and oxygen atoms in total. The van der Waals surface area contributed by atoms with Crippen LogP contribution in [0.15, 0.2) is 0 Å². The number of hydrogen-bond acceptors (Lipinski definition) is 5. The third kappa shape index (κ3) is 4.26. The molecule has 20 heavy (non-hydrogen) atoms. The Bertz CT molecular complexity index is 522. The second-order valence-electron chi connectivity index (χ2n) is 5.34. The van der Waals surface area contributed by atoms with Gasteiger partial charge in [-0.25, -0.2) is 13.4 Å². The van der Waals surface area contributed by atoms with Crippen LogP contribution in [0.25, 0.3) is 0 Å². The summed E-state index contributed by atoms with van der Waals surface area (Å²) in [5.74, 6) is 1.37. The maximum Gasteiger partial charge on any atom is 0.214 e. The number of sulfonamides is 1. The zero-order valence-electron chi connectivity index (χ0n) is 12.1. The van der Waals surface area contributed by atoms with E-state index in [4.69, 9.17) is 0 Å². The minimum absolute atomic E-state index is 0.171. The zero-order chi connectivity index (χ0) is 14.6. The average Bonchev–Trinajstić information content (AvgIpc) is 2.83. The number of nitrogens with one attached hydrogen (secondary N) is 2. The van der Waals surface area contributed by atoms with Crippen LogP contribution in [0.3, 0.4) is 0 Å². The van der Waals surface area contributed by atoms with E-state index in [0.29, 0.717) is 24.1 Å². The van der Waals surface area contributed by atoms with Gasteiger partial charge in [0.2, 0.25) is 10.0 Å². The Kier molecular flexibility index (Phi) is 5.11. The van der Waals surface area contributed by atoms with Crippen molar-refractivity contribution >= 4 is 10.0 Å². The second-order valence-corrected chi connectivity index (χ2v) is 7.54. The number of H-pyrrole nitrogens is 1. The monoisotopic (exact) mass is 301 g/mol. The maximum atomic E-state index is 12.2. The molecule has 0 spiro atoms. The molecule has 0 aromatic carbocycles. The lowest BCUT2D eigenvalue weighted by molar-refractivity contribution is 0.387. The number of rotatable bonds is 6. The Balaban J connectivity index is 1.85. The summed E-state index contributed by atoms with van der Waals surface area (Å²) in [6.45, 7) is 3.00. The van der Waals surface area contributed by atoms with Crippen LogP contribution in [0.2, 0.25) is 0 Å². The fourth-order valence-electron chi connectivity index (χ4n) is 2.37. The third-order valence-corrected chi connectivity index (χ3v) is 5.45. The molecule has 2 rings (SSSR count). The summed E-state index contributed by atoms with van der Waals surface area (Å²) in [4.78, 5) is 4.13. The van der Waals surface area contributed by atoms with Gasteiger partial charge in [0.05, 0.1) is 12.3 Å². The van der Waals surface area contributed by atoms with Gasteiger partial charge in [-0.2, -0.15) is 9.40 Å². The molecule has 0 aliphatic carbocycles. The van der Waals surface area contributed by atoms with E-state index in [1.807, 2.05) is 0 Å². The normalized spacial score (nSPS) is 20.4. The van der Waals surface area contributed by atoms with Crippen molar-refractivity contribution in [2.75, 3.05) is 19.3 Å². The Labute approximate surface area is 120 Å². The number of piperidine rings is 1. The summed E-state index contributed by atoms with van der Waals surface area (Å²) in [5.41, 5.74) is 0. The molecule has 1 atom stereocenters. The lowest BCUT2D eigenvalue weighted by atomic mass is 10.0. The van der Waals surface area contributed by atoms with Gasteiger partial charge in [0.15, 0.2) is 5.82 Å². The summed E-state index contributed by atoms with van der Waals surface area (Å²) < 4.78 is 25.8. The van der Waals surface area contributed by atoms with Crippen LogP contribution in [0.5, 0.6) is 0 Å². The van der Waals surface area contributed by atoms with Gasteiger partial charge in [-0.15, -0.1) is 0 Å². The molecule has 1 saturated heterocycles. The fraction of sp³-hybridized carbons (Fsp3) is 0.833. The molecular weight excluding hydrogens is 278 g/mol. The largest absolute Gasteiger partial charge is 0.314 e. The first-order valence-electron chi connectivity index (χ1n) is 7.02. The highest BCUT2D eigenvalue weighted by Crippen LogP contribution is 2.13. The van der Waals surface area contributed by atoms with Gasteiger partial charge in [0.25, 0.3) is 0 Å². The number of aryl methyl sites for hydroxylation is 1. The molecule has 8 heteroatoms. The Hall–Kier alpha value is -0.990. The van der Waals surface area contributed by atoms with Gasteiger partial charge in [-0.05, 0) is 32.7 Å². The first-order valence-corrected chi connectivity index (χ1v) is 8.63. The summed E-state index contributed by atoms with van der Waals surface area (Å²) in [5, 5.41) is 10.1. The fourth-order valence-corrected chi connectivity index (χ4v) is 3.58. The Morgan fingerprint density at radius 3 is 2.80 bits per heavy atom. The quantitative estimate of drug-likeness (QED) is 0.794. The molecule has 1 fully saturated rings. The third-order valence-electron chi connectivity index (χ3n) is 3.62. The van der Waals surface area contributed by atoms with E-state index in [1.165, 1.54) is 17.1 Å². The highest BCUT2D eigenvalue weighted by molar-refractivity contribution is 7.89. The number of hydrogen-bond donors (Lipinski definition) is 2. The minimum Gasteiger partial charge on any atom is -0.314 e. The number of aromatic nitrogens is 3. The van der Waals surface area contributed by atoms with Crippen molar-refractivity contribution in [2.45, 2.75) is 45.2 Å². The van der Waals surface area contributed by atoms with E-state index in [1.54, 1.807) is 14.0 Å². The van der Waals surface area contributed by atoms with Crippen LogP contribution in [-0.2, 0) is 16.6 Å². The SMILES string of the molecule is Cc1nc(CN(C)S(=O)(=O)CCC2CCCCN2)n[nH]1. The molecule has 0 radical (unpaired) electrons. The molecule has 1 aromatic rings. The van der Waals surface area contributed by atoms with Crippen molar-refractivity contribution in [1.29, 1.82) is 0 Å². The highest BCUT2D eigenvalue weighted by Gasteiger charge is 2.22. The average molecular weight is 301 g/mol. The first kappa shape index (κ1) is 15.4. The molecule has 1 aliphatic heterocycles. The van der Waals surface area contributed by atoms with Crippen LogP contribution in [0.1, 0.15) is 37.3 Å². The van der Waals surface area contributed by atoms with Gasteiger partial charge >= 0.3 is 0 Å². The summed E-state index contributed by atoms with van der Waals surface area (Å²) in [6.07, 6.45) is 4.11. The first-order chi connectivity index (χ1) is 9.47. The van der Waals surface area contributed by atoms with Gasteiger partial charge in [0.1, 0.15) is 5.82 Å². The molecule has 114 valence electrons. The smallest absolute Gasteiger partial charge is 0.214 e. The van der Waals surface area contributed by atoms with Crippen LogP contribution >= 0.6 is 0 Å². The molecule has 1 aliphatic rings. The molecule has 0 saturated carbocycles. The summed E-state index contributed by atoms with van der Waals surface area (Å²) >= 11 is 0. The number of aromatic amines is 1. The van der Waals surface area contributed by atoms with E-state index < -0.39 is 10.0 Å². The highest BCUT2D eigenvalue weighted by atomic mass is 32.2.